The van der Waals surface area contributed by atoms with Crippen molar-refractivity contribution >= 4 is 34.9 Å². The van der Waals surface area contributed by atoms with Gasteiger partial charge in [0.05, 0.1) is 21.7 Å². The Balaban J connectivity index is 2.10. The lowest BCUT2D eigenvalue weighted by molar-refractivity contribution is -0.385. The fourth-order valence-electron chi connectivity index (χ4n) is 1.92. The van der Waals surface area contributed by atoms with Crippen LogP contribution in [0.1, 0.15) is 15.9 Å². The maximum atomic E-state index is 13.0. The monoisotopic (exact) mass is 403 g/mol. The zero-order valence-electron chi connectivity index (χ0n) is 13.1. The highest BCUT2D eigenvalue weighted by Gasteiger charge is 2.35. The van der Waals surface area contributed by atoms with Crippen molar-refractivity contribution in [2.24, 2.45) is 0 Å². The van der Waals surface area contributed by atoms with E-state index in [1.165, 1.54) is 18.3 Å². The number of anilines is 1. The molecule has 0 saturated heterocycles. The number of nitro groups is 1. The molecule has 0 radical (unpaired) electrons. The average molecular weight is 404 g/mol. The van der Waals surface area contributed by atoms with E-state index in [0.29, 0.717) is 0 Å². The van der Waals surface area contributed by atoms with Gasteiger partial charge in [0.25, 0.3) is 11.6 Å². The van der Waals surface area contributed by atoms with E-state index >= 15 is 0 Å². The third kappa shape index (κ3) is 5.14. The largest absolute Gasteiger partial charge is 0.452 e. The maximum Gasteiger partial charge on any atom is 0.418 e. The van der Waals surface area contributed by atoms with Crippen LogP contribution in [0, 0.1) is 10.1 Å². The second-order valence-electron chi connectivity index (χ2n) is 4.95. The minimum atomic E-state index is -4.95. The number of non-ortho nitro benzene ring substituents is 1. The number of benzene rings is 1. The molecule has 0 aliphatic carbocycles. The summed E-state index contributed by atoms with van der Waals surface area (Å²) in [6.45, 7) is -0.904. The van der Waals surface area contributed by atoms with Crippen LogP contribution in [0.2, 0.25) is 5.15 Å². The molecule has 1 N–H and O–H groups in total. The highest BCUT2D eigenvalue weighted by molar-refractivity contribution is 6.32. The molecule has 0 aliphatic heterocycles. The molecule has 27 heavy (non-hydrogen) atoms. The Morgan fingerprint density at radius 2 is 2.00 bits per heavy atom. The summed E-state index contributed by atoms with van der Waals surface area (Å²) in [5.41, 5.74) is -3.04. The summed E-state index contributed by atoms with van der Waals surface area (Å²) in [5, 5.41) is 12.4. The van der Waals surface area contributed by atoms with Crippen molar-refractivity contribution in [1.29, 1.82) is 0 Å². The van der Waals surface area contributed by atoms with E-state index in [1.807, 2.05) is 5.32 Å². The number of alkyl halides is 3. The first-order valence-corrected chi connectivity index (χ1v) is 7.40. The van der Waals surface area contributed by atoms with Crippen LogP contribution in [0.4, 0.5) is 24.5 Å². The van der Waals surface area contributed by atoms with Crippen LogP contribution in [-0.2, 0) is 15.7 Å². The Labute approximate surface area is 154 Å². The molecule has 8 nitrogen and oxygen atoms in total. The lowest BCUT2D eigenvalue weighted by Crippen LogP contribution is -2.23. The number of ether oxygens (including phenoxy) is 1. The molecular formula is C15H9ClF3N3O5. The highest BCUT2D eigenvalue weighted by atomic mass is 35.5. The number of hydrogen-bond acceptors (Lipinski definition) is 6. The van der Waals surface area contributed by atoms with Gasteiger partial charge in [0.1, 0.15) is 5.15 Å². The van der Waals surface area contributed by atoms with E-state index in [1.54, 1.807) is 0 Å². The van der Waals surface area contributed by atoms with Gasteiger partial charge in [0, 0.05) is 18.3 Å². The fourth-order valence-corrected chi connectivity index (χ4v) is 2.12. The van der Waals surface area contributed by atoms with Crippen LogP contribution in [0.25, 0.3) is 0 Å². The summed E-state index contributed by atoms with van der Waals surface area (Å²) in [7, 11) is 0. The Bertz CT molecular complexity index is 905. The molecule has 2 aromatic rings. The number of carbonyl (C=O) groups is 2. The molecule has 1 amide bonds. The summed E-state index contributed by atoms with van der Waals surface area (Å²) >= 11 is 5.68. The number of esters is 1. The molecular weight excluding hydrogens is 395 g/mol. The summed E-state index contributed by atoms with van der Waals surface area (Å²) in [6.07, 6.45) is -3.63. The van der Waals surface area contributed by atoms with E-state index in [0.717, 1.165) is 12.1 Å². The van der Waals surface area contributed by atoms with Crippen molar-refractivity contribution in [2.75, 3.05) is 11.9 Å². The van der Waals surface area contributed by atoms with Gasteiger partial charge in [-0.25, -0.2) is 9.78 Å². The standard InChI is InChI=1S/C15H9ClF3N3O5/c16-13-9(2-1-5-20-13)14(24)27-7-12(23)21-11-4-3-8(22(25)26)6-10(11)15(17,18)19/h1-6H,7H2,(H,21,23). The van der Waals surface area contributed by atoms with E-state index in [4.69, 9.17) is 11.6 Å². The second-order valence-corrected chi connectivity index (χ2v) is 5.31. The van der Waals surface area contributed by atoms with Crippen molar-refractivity contribution in [1.82, 2.24) is 4.98 Å². The van der Waals surface area contributed by atoms with Crippen LogP contribution in [0.5, 0.6) is 0 Å². The Hall–Kier alpha value is -3.21. The summed E-state index contributed by atoms with van der Waals surface area (Å²) in [6, 6.07) is 4.50. The number of amides is 1. The van der Waals surface area contributed by atoms with Gasteiger partial charge in [-0.1, -0.05) is 11.6 Å². The lowest BCUT2D eigenvalue weighted by Gasteiger charge is -2.13. The predicted molar refractivity (Wildman–Crippen MR) is 86.3 cm³/mol. The van der Waals surface area contributed by atoms with Crippen molar-refractivity contribution < 1.29 is 32.4 Å². The third-order valence-corrected chi connectivity index (χ3v) is 3.41. The fraction of sp³-hybridized carbons (Fsp3) is 0.133. The predicted octanol–water partition coefficient (Wildman–Crippen LogP) is 3.46. The molecule has 1 aromatic carbocycles. The van der Waals surface area contributed by atoms with Gasteiger partial charge >= 0.3 is 12.1 Å². The minimum absolute atomic E-state index is 0.127. The van der Waals surface area contributed by atoms with E-state index in [-0.39, 0.29) is 16.8 Å². The molecule has 0 spiro atoms. The summed E-state index contributed by atoms with van der Waals surface area (Å²) < 4.78 is 43.8. The zero-order valence-corrected chi connectivity index (χ0v) is 13.9. The van der Waals surface area contributed by atoms with Crippen LogP contribution >= 0.6 is 11.6 Å². The average Bonchev–Trinajstić information content (AvgIpc) is 2.59. The topological polar surface area (TPSA) is 111 Å². The van der Waals surface area contributed by atoms with Gasteiger partial charge < -0.3 is 10.1 Å². The molecule has 0 saturated carbocycles. The summed E-state index contributed by atoms with van der Waals surface area (Å²) in [4.78, 5) is 36.9. The molecule has 0 bridgehead atoms. The Kier molecular flexibility index (Phi) is 5.95. The van der Waals surface area contributed by atoms with Crippen LogP contribution in [0.15, 0.2) is 36.5 Å². The van der Waals surface area contributed by atoms with Crippen molar-refractivity contribution in [3.63, 3.8) is 0 Å². The first-order valence-electron chi connectivity index (χ1n) is 7.02. The van der Waals surface area contributed by atoms with E-state index in [9.17, 15) is 32.9 Å². The number of hydrogen-bond donors (Lipinski definition) is 1. The Morgan fingerprint density at radius 1 is 1.30 bits per heavy atom. The molecule has 1 heterocycles. The molecule has 0 aliphatic rings. The lowest BCUT2D eigenvalue weighted by atomic mass is 10.1. The normalized spacial score (nSPS) is 11.0. The van der Waals surface area contributed by atoms with Gasteiger partial charge in [0.2, 0.25) is 0 Å². The number of pyridine rings is 1. The number of carbonyl (C=O) groups excluding carboxylic acids is 2. The Morgan fingerprint density at radius 3 is 2.59 bits per heavy atom. The number of nitrogens with zero attached hydrogens (tertiary/aromatic N) is 2. The van der Waals surface area contributed by atoms with Crippen molar-refractivity contribution in [3.05, 3.63) is 62.9 Å². The molecule has 1 aromatic heterocycles. The smallest absolute Gasteiger partial charge is 0.418 e. The molecule has 0 unspecified atom stereocenters. The molecule has 2 rings (SSSR count). The van der Waals surface area contributed by atoms with Crippen LogP contribution in [0.3, 0.4) is 0 Å². The quantitative estimate of drug-likeness (QED) is 0.354. The maximum absolute atomic E-state index is 13.0. The number of aromatic nitrogens is 1. The van der Waals surface area contributed by atoms with E-state index in [2.05, 4.69) is 9.72 Å². The van der Waals surface area contributed by atoms with Gasteiger partial charge in [-0.15, -0.1) is 0 Å². The van der Waals surface area contributed by atoms with Crippen molar-refractivity contribution in [3.8, 4) is 0 Å². The van der Waals surface area contributed by atoms with Gasteiger partial charge in [-0.05, 0) is 18.2 Å². The molecule has 12 heteroatoms. The minimum Gasteiger partial charge on any atom is -0.452 e. The molecule has 0 atom stereocenters. The van der Waals surface area contributed by atoms with Crippen molar-refractivity contribution in [2.45, 2.75) is 6.18 Å². The molecule has 142 valence electrons. The first-order chi connectivity index (χ1) is 12.6. The van der Waals surface area contributed by atoms with Gasteiger partial charge in [-0.3, -0.25) is 14.9 Å². The summed E-state index contributed by atoms with van der Waals surface area (Å²) in [5.74, 6) is -2.08. The van der Waals surface area contributed by atoms with Crippen LogP contribution in [-0.4, -0.2) is 28.4 Å². The zero-order chi connectivity index (χ0) is 20.2. The second kappa shape index (κ2) is 7.99. The number of halogens is 4. The highest BCUT2D eigenvalue weighted by Crippen LogP contribution is 2.37. The van der Waals surface area contributed by atoms with Gasteiger partial charge in [0.15, 0.2) is 6.61 Å². The van der Waals surface area contributed by atoms with E-state index < -0.39 is 46.5 Å². The number of rotatable bonds is 5. The SMILES string of the molecule is O=C(COC(=O)c1cccnc1Cl)Nc1ccc([N+](=O)[O-])cc1C(F)(F)F. The van der Waals surface area contributed by atoms with Crippen LogP contribution < -0.4 is 5.32 Å². The number of nitrogens with one attached hydrogen (secondary N) is 1. The van der Waals surface area contributed by atoms with Gasteiger partial charge in [-0.2, -0.15) is 13.2 Å². The number of nitro benzene ring substituents is 1. The third-order valence-electron chi connectivity index (χ3n) is 3.11. The first kappa shape index (κ1) is 20.1. The molecule has 0 fully saturated rings.